The van der Waals surface area contributed by atoms with E-state index in [0.717, 1.165) is 5.56 Å². The van der Waals surface area contributed by atoms with Crippen LogP contribution in [-0.2, 0) is 16.1 Å². The fourth-order valence-electron chi connectivity index (χ4n) is 2.94. The lowest BCUT2D eigenvalue weighted by Gasteiger charge is -2.11. The van der Waals surface area contributed by atoms with E-state index in [4.69, 9.17) is 16.3 Å². The highest BCUT2D eigenvalue weighted by Crippen LogP contribution is 2.36. The number of fused-ring (bicyclic) bond motifs is 1. The number of carbonyl (C=O) groups excluding carboxylic acids is 1. The summed E-state index contributed by atoms with van der Waals surface area (Å²) in [6, 6.07) is 14.4. The maximum absolute atomic E-state index is 12.5. The first-order chi connectivity index (χ1) is 12.0. The summed E-state index contributed by atoms with van der Waals surface area (Å²) in [6.07, 6.45) is 0. The van der Waals surface area contributed by atoms with Gasteiger partial charge in [-0.25, -0.2) is 4.79 Å². The van der Waals surface area contributed by atoms with E-state index in [9.17, 15) is 14.7 Å². The smallest absolute Gasteiger partial charge is 0.355 e. The van der Waals surface area contributed by atoms with Crippen molar-refractivity contribution >= 4 is 34.3 Å². The number of carboxylic acids is 1. The van der Waals surface area contributed by atoms with E-state index in [0.29, 0.717) is 21.5 Å². The Hall–Kier alpha value is -2.79. The SMILES string of the molecule is CCOC(=O)c1c2ccc(Cl)cc2c(-c2ccccc2)n1CC(=O)O. The Morgan fingerprint density at radius 2 is 1.84 bits per heavy atom. The molecule has 3 aromatic rings. The van der Waals surface area contributed by atoms with Gasteiger partial charge in [0, 0.05) is 15.8 Å². The van der Waals surface area contributed by atoms with Gasteiger partial charge in [0.15, 0.2) is 0 Å². The molecule has 3 rings (SSSR count). The number of halogens is 1. The molecular weight excluding hydrogens is 342 g/mol. The molecule has 0 amide bonds. The van der Waals surface area contributed by atoms with Gasteiger partial charge in [-0.15, -0.1) is 0 Å². The minimum absolute atomic E-state index is 0.201. The van der Waals surface area contributed by atoms with Crippen LogP contribution in [0.15, 0.2) is 48.5 Å². The van der Waals surface area contributed by atoms with E-state index < -0.39 is 11.9 Å². The zero-order valence-corrected chi connectivity index (χ0v) is 14.3. The monoisotopic (exact) mass is 357 g/mol. The van der Waals surface area contributed by atoms with E-state index in [1.165, 1.54) is 4.57 Å². The fraction of sp³-hybridized carbons (Fsp3) is 0.158. The van der Waals surface area contributed by atoms with Crippen LogP contribution in [0.3, 0.4) is 0 Å². The Kier molecular flexibility index (Phi) is 4.76. The van der Waals surface area contributed by atoms with Gasteiger partial charge in [0.05, 0.1) is 12.3 Å². The molecule has 0 aliphatic rings. The van der Waals surface area contributed by atoms with E-state index in [-0.39, 0.29) is 18.8 Å². The number of carbonyl (C=O) groups is 2. The maximum Gasteiger partial charge on any atom is 0.355 e. The molecule has 128 valence electrons. The first-order valence-electron chi connectivity index (χ1n) is 7.79. The van der Waals surface area contributed by atoms with Gasteiger partial charge in [0.25, 0.3) is 0 Å². The predicted molar refractivity (Wildman–Crippen MR) is 96.0 cm³/mol. The number of rotatable bonds is 5. The summed E-state index contributed by atoms with van der Waals surface area (Å²) in [5.41, 5.74) is 1.64. The third-order valence-electron chi connectivity index (χ3n) is 3.84. The number of carboxylic acid groups (broad SMARTS) is 1. The van der Waals surface area contributed by atoms with Gasteiger partial charge in [-0.2, -0.15) is 0 Å². The van der Waals surface area contributed by atoms with E-state index in [2.05, 4.69) is 0 Å². The van der Waals surface area contributed by atoms with Crippen LogP contribution in [0.25, 0.3) is 22.0 Å². The molecule has 1 aromatic heterocycles. The summed E-state index contributed by atoms with van der Waals surface area (Å²) in [7, 11) is 0. The molecule has 2 aromatic carbocycles. The quantitative estimate of drug-likeness (QED) is 0.694. The van der Waals surface area contributed by atoms with Gasteiger partial charge in [0.2, 0.25) is 0 Å². The Balaban J connectivity index is 2.40. The van der Waals surface area contributed by atoms with Crippen molar-refractivity contribution in [2.24, 2.45) is 0 Å². The molecule has 0 aliphatic heterocycles. The Morgan fingerprint density at radius 3 is 2.48 bits per heavy atom. The average molecular weight is 358 g/mol. The molecule has 5 nitrogen and oxygen atoms in total. The van der Waals surface area contributed by atoms with Gasteiger partial charge in [-0.05, 0) is 24.6 Å². The van der Waals surface area contributed by atoms with Crippen molar-refractivity contribution in [3.63, 3.8) is 0 Å². The number of hydrogen-bond acceptors (Lipinski definition) is 3. The summed E-state index contributed by atoms with van der Waals surface area (Å²) in [4.78, 5) is 24.0. The van der Waals surface area contributed by atoms with Gasteiger partial charge in [-0.3, -0.25) is 4.79 Å². The molecule has 0 radical (unpaired) electrons. The van der Waals surface area contributed by atoms with Crippen molar-refractivity contribution < 1.29 is 19.4 Å². The van der Waals surface area contributed by atoms with E-state index in [1.54, 1.807) is 25.1 Å². The highest BCUT2D eigenvalue weighted by molar-refractivity contribution is 6.31. The molecule has 25 heavy (non-hydrogen) atoms. The van der Waals surface area contributed by atoms with Crippen molar-refractivity contribution in [1.29, 1.82) is 0 Å². The number of aromatic nitrogens is 1. The highest BCUT2D eigenvalue weighted by atomic mass is 35.5. The van der Waals surface area contributed by atoms with Crippen LogP contribution < -0.4 is 0 Å². The van der Waals surface area contributed by atoms with Crippen LogP contribution in [0.5, 0.6) is 0 Å². The zero-order chi connectivity index (χ0) is 18.0. The second-order valence-corrected chi connectivity index (χ2v) is 5.89. The lowest BCUT2D eigenvalue weighted by molar-refractivity contribution is -0.137. The fourth-order valence-corrected chi connectivity index (χ4v) is 3.11. The lowest BCUT2D eigenvalue weighted by Crippen LogP contribution is -2.17. The Labute approximate surface area is 149 Å². The van der Waals surface area contributed by atoms with Crippen molar-refractivity contribution in [2.75, 3.05) is 6.61 Å². The Bertz CT molecular complexity index is 947. The zero-order valence-electron chi connectivity index (χ0n) is 13.5. The summed E-state index contributed by atoms with van der Waals surface area (Å²) in [5, 5.41) is 11.2. The van der Waals surface area contributed by atoms with Crippen LogP contribution in [0.2, 0.25) is 5.02 Å². The van der Waals surface area contributed by atoms with Crippen LogP contribution in [0.4, 0.5) is 0 Å². The summed E-state index contributed by atoms with van der Waals surface area (Å²) >= 11 is 6.14. The maximum atomic E-state index is 12.5. The van der Waals surface area contributed by atoms with Crippen LogP contribution >= 0.6 is 11.6 Å². The third kappa shape index (κ3) is 3.23. The second-order valence-electron chi connectivity index (χ2n) is 5.45. The standard InChI is InChI=1S/C19H16ClNO4/c1-2-25-19(24)18-14-9-8-13(20)10-15(14)17(21(18)11-16(22)23)12-6-4-3-5-7-12/h3-10H,2,11H2,1H3,(H,22,23). The molecule has 0 aliphatic carbocycles. The van der Waals surface area contributed by atoms with Gasteiger partial charge >= 0.3 is 11.9 Å². The molecule has 0 saturated heterocycles. The van der Waals surface area contributed by atoms with Crippen molar-refractivity contribution in [3.05, 3.63) is 59.2 Å². The van der Waals surface area contributed by atoms with Crippen molar-refractivity contribution in [2.45, 2.75) is 13.5 Å². The van der Waals surface area contributed by atoms with Crippen molar-refractivity contribution in [3.8, 4) is 11.3 Å². The predicted octanol–water partition coefficient (Wildman–Crippen LogP) is 4.22. The number of ether oxygens (including phenoxy) is 1. The van der Waals surface area contributed by atoms with Crippen LogP contribution in [0, 0.1) is 0 Å². The van der Waals surface area contributed by atoms with Gasteiger partial charge in [0.1, 0.15) is 12.2 Å². The summed E-state index contributed by atoms with van der Waals surface area (Å²) < 4.78 is 6.63. The minimum Gasteiger partial charge on any atom is -0.480 e. The first-order valence-corrected chi connectivity index (χ1v) is 8.16. The van der Waals surface area contributed by atoms with Crippen molar-refractivity contribution in [1.82, 2.24) is 4.57 Å². The lowest BCUT2D eigenvalue weighted by atomic mass is 10.1. The molecule has 0 fully saturated rings. The van der Waals surface area contributed by atoms with Gasteiger partial charge < -0.3 is 14.4 Å². The van der Waals surface area contributed by atoms with E-state index >= 15 is 0 Å². The minimum atomic E-state index is -1.05. The largest absolute Gasteiger partial charge is 0.480 e. The molecule has 0 saturated carbocycles. The Morgan fingerprint density at radius 1 is 1.12 bits per heavy atom. The molecular formula is C19H16ClNO4. The summed E-state index contributed by atoms with van der Waals surface area (Å²) in [6.45, 7) is 1.55. The number of benzene rings is 2. The van der Waals surface area contributed by atoms with Crippen LogP contribution in [-0.4, -0.2) is 28.2 Å². The number of hydrogen-bond donors (Lipinski definition) is 1. The normalized spacial score (nSPS) is 10.8. The topological polar surface area (TPSA) is 68.5 Å². The second kappa shape index (κ2) is 6.99. The molecule has 0 bridgehead atoms. The number of aliphatic carboxylic acids is 1. The highest BCUT2D eigenvalue weighted by Gasteiger charge is 2.25. The van der Waals surface area contributed by atoms with E-state index in [1.807, 2.05) is 30.3 Å². The van der Waals surface area contributed by atoms with Gasteiger partial charge in [-0.1, -0.05) is 48.0 Å². The molecule has 0 unspecified atom stereocenters. The first kappa shape index (κ1) is 17.0. The number of esters is 1. The molecule has 0 spiro atoms. The molecule has 1 heterocycles. The molecule has 0 atom stereocenters. The van der Waals surface area contributed by atoms with Crippen LogP contribution in [0.1, 0.15) is 17.4 Å². The molecule has 6 heteroatoms. The summed E-state index contributed by atoms with van der Waals surface area (Å²) in [5.74, 6) is -1.60. The number of nitrogens with zero attached hydrogens (tertiary/aromatic N) is 1. The molecule has 1 N–H and O–H groups in total. The average Bonchev–Trinajstić information content (AvgIpc) is 2.88. The third-order valence-corrected chi connectivity index (χ3v) is 4.08.